The maximum Gasteiger partial charge on any atom is 0.296 e. The van der Waals surface area contributed by atoms with Crippen LogP contribution in [0.25, 0.3) is 5.76 Å². The fourth-order valence-corrected chi connectivity index (χ4v) is 5.67. The summed E-state index contributed by atoms with van der Waals surface area (Å²) in [5.74, 6) is -1.66. The van der Waals surface area contributed by atoms with Gasteiger partial charge in [0.15, 0.2) is 17.0 Å². The highest BCUT2D eigenvalue weighted by Gasteiger charge is 2.66. The molecule has 2 amide bonds. The monoisotopic (exact) mass is 505 g/mol. The van der Waals surface area contributed by atoms with E-state index in [4.69, 9.17) is 14.2 Å². The molecule has 4 aliphatic heterocycles. The molecule has 0 radical (unpaired) electrons. The van der Waals surface area contributed by atoms with Gasteiger partial charge in [0.25, 0.3) is 17.6 Å². The summed E-state index contributed by atoms with van der Waals surface area (Å²) in [6.45, 7) is 3.90. The van der Waals surface area contributed by atoms with Crippen LogP contribution in [0, 0.1) is 0 Å². The first-order chi connectivity index (χ1) is 17.9. The van der Waals surface area contributed by atoms with Crippen LogP contribution in [0.15, 0.2) is 48.0 Å². The van der Waals surface area contributed by atoms with Crippen LogP contribution >= 0.6 is 0 Å². The number of fused-ring (bicyclic) bond motifs is 3. The Labute approximate surface area is 213 Å². The maximum absolute atomic E-state index is 14.1. The number of hydrogen-bond acceptors (Lipinski definition) is 8. The number of carbonyl (C=O) groups excluding carboxylic acids is 3. The molecule has 4 aliphatic rings. The Kier molecular flexibility index (Phi) is 5.65. The summed E-state index contributed by atoms with van der Waals surface area (Å²) >= 11 is 0. The van der Waals surface area contributed by atoms with Crippen molar-refractivity contribution in [3.8, 4) is 11.5 Å². The minimum absolute atomic E-state index is 0.135. The fraction of sp³-hybridized carbons (Fsp3) is 0.370. The smallest absolute Gasteiger partial charge is 0.296 e. The summed E-state index contributed by atoms with van der Waals surface area (Å²) in [4.78, 5) is 46.2. The number of aliphatic hydroxyl groups excluding tert-OH is 1. The average Bonchev–Trinajstić information content (AvgIpc) is 3.30. The Bertz CT molecular complexity index is 1330. The van der Waals surface area contributed by atoms with Crippen molar-refractivity contribution in [3.63, 3.8) is 0 Å². The van der Waals surface area contributed by atoms with Gasteiger partial charge in [0.2, 0.25) is 0 Å². The van der Waals surface area contributed by atoms with Crippen molar-refractivity contribution in [1.29, 1.82) is 0 Å². The predicted molar refractivity (Wildman–Crippen MR) is 132 cm³/mol. The largest absolute Gasteiger partial charge is 0.507 e. The Morgan fingerprint density at radius 3 is 2.46 bits per heavy atom. The molecule has 0 aromatic heterocycles. The van der Waals surface area contributed by atoms with Crippen LogP contribution in [0.4, 0.5) is 5.69 Å². The molecule has 10 heteroatoms. The summed E-state index contributed by atoms with van der Waals surface area (Å²) in [6.07, 6.45) is 0. The number of amides is 2. The van der Waals surface area contributed by atoms with Crippen LogP contribution < -0.4 is 14.4 Å². The van der Waals surface area contributed by atoms with Gasteiger partial charge < -0.3 is 29.1 Å². The van der Waals surface area contributed by atoms with Crippen molar-refractivity contribution >= 4 is 29.0 Å². The number of para-hydroxylation sites is 1. The van der Waals surface area contributed by atoms with Gasteiger partial charge in [0.1, 0.15) is 19.0 Å². The van der Waals surface area contributed by atoms with Crippen LogP contribution in [0.1, 0.15) is 11.1 Å². The number of aliphatic hydroxyl groups is 1. The highest BCUT2D eigenvalue weighted by atomic mass is 16.6. The molecule has 37 heavy (non-hydrogen) atoms. The van der Waals surface area contributed by atoms with Gasteiger partial charge in [-0.1, -0.05) is 18.2 Å². The Morgan fingerprint density at radius 1 is 0.946 bits per heavy atom. The number of likely N-dealkylation sites (tertiary alicyclic amines) is 1. The lowest BCUT2D eigenvalue weighted by Gasteiger charge is -2.36. The first-order valence-corrected chi connectivity index (χ1v) is 12.3. The molecule has 0 bridgehead atoms. The number of morpholine rings is 1. The van der Waals surface area contributed by atoms with Crippen LogP contribution in [-0.4, -0.2) is 92.2 Å². The summed E-state index contributed by atoms with van der Waals surface area (Å²) in [5.41, 5.74) is -0.683. The van der Waals surface area contributed by atoms with E-state index < -0.39 is 28.9 Å². The van der Waals surface area contributed by atoms with Gasteiger partial charge in [-0.2, -0.15) is 0 Å². The third-order valence-corrected chi connectivity index (χ3v) is 7.50. The van der Waals surface area contributed by atoms with E-state index in [0.717, 1.165) is 0 Å². The SMILES string of the molecule is CN1C(=O)C2(/C(=C(\O)c3ccc4c(c3)OCCO4)C(=O)C(=O)N2CCN2CCOCC2)c2ccccc21. The molecule has 4 heterocycles. The molecule has 2 aromatic rings. The van der Waals surface area contributed by atoms with Crippen molar-refractivity contribution in [1.82, 2.24) is 9.80 Å². The third-order valence-electron chi connectivity index (χ3n) is 7.50. The van der Waals surface area contributed by atoms with Crippen molar-refractivity contribution in [3.05, 3.63) is 59.2 Å². The predicted octanol–water partition coefficient (Wildman–Crippen LogP) is 1.34. The summed E-state index contributed by atoms with van der Waals surface area (Å²) < 4.78 is 16.6. The Hall–Kier alpha value is -3.89. The van der Waals surface area contributed by atoms with Gasteiger partial charge in [0, 0.05) is 50.0 Å². The number of hydrogen-bond donors (Lipinski definition) is 1. The Morgan fingerprint density at radius 2 is 1.68 bits per heavy atom. The van der Waals surface area contributed by atoms with Gasteiger partial charge in [-0.05, 0) is 24.3 Å². The van der Waals surface area contributed by atoms with E-state index in [-0.39, 0.29) is 17.7 Å². The lowest BCUT2D eigenvalue weighted by atomic mass is 9.82. The summed E-state index contributed by atoms with van der Waals surface area (Å²) in [6, 6.07) is 11.9. The number of nitrogens with zero attached hydrogens (tertiary/aromatic N) is 3. The highest BCUT2D eigenvalue weighted by molar-refractivity contribution is 6.50. The second kappa shape index (κ2) is 8.89. The number of benzene rings is 2. The first kappa shape index (κ1) is 23.5. The number of anilines is 1. The molecule has 6 rings (SSSR count). The van der Waals surface area contributed by atoms with Crippen molar-refractivity contribution in [2.75, 3.05) is 64.6 Å². The minimum atomic E-state index is -1.77. The normalized spacial score (nSPS) is 24.7. The molecule has 2 fully saturated rings. The van der Waals surface area contributed by atoms with E-state index in [0.29, 0.717) is 68.8 Å². The lowest BCUT2D eigenvalue weighted by Crippen LogP contribution is -2.53. The Balaban J connectivity index is 1.52. The van der Waals surface area contributed by atoms with Crippen LogP contribution in [-0.2, 0) is 24.7 Å². The van der Waals surface area contributed by atoms with E-state index in [9.17, 15) is 19.5 Å². The summed E-state index contributed by atoms with van der Waals surface area (Å²) in [7, 11) is 1.61. The molecular weight excluding hydrogens is 478 g/mol. The summed E-state index contributed by atoms with van der Waals surface area (Å²) in [5, 5.41) is 11.6. The molecular formula is C27H27N3O7. The second-order valence-electron chi connectivity index (χ2n) is 9.41. The van der Waals surface area contributed by atoms with Gasteiger partial charge in [-0.15, -0.1) is 0 Å². The number of ketones is 1. The molecule has 2 aromatic carbocycles. The molecule has 10 nitrogen and oxygen atoms in total. The molecule has 0 aliphatic carbocycles. The highest BCUT2D eigenvalue weighted by Crippen LogP contribution is 2.53. The average molecular weight is 506 g/mol. The maximum atomic E-state index is 14.1. The zero-order valence-electron chi connectivity index (χ0n) is 20.4. The second-order valence-corrected chi connectivity index (χ2v) is 9.41. The molecule has 1 unspecified atom stereocenters. The molecule has 2 saturated heterocycles. The number of Topliss-reactive ketones (excluding diaryl/α,β-unsaturated/α-hetero) is 1. The van der Waals surface area contributed by atoms with E-state index in [1.807, 2.05) is 0 Å². The van der Waals surface area contributed by atoms with Crippen molar-refractivity contribution in [2.24, 2.45) is 0 Å². The van der Waals surface area contributed by atoms with Gasteiger partial charge in [-0.25, -0.2) is 0 Å². The molecule has 1 atom stereocenters. The number of rotatable bonds is 4. The zero-order chi connectivity index (χ0) is 25.7. The van der Waals surface area contributed by atoms with Crippen LogP contribution in [0.3, 0.4) is 0 Å². The molecule has 1 N–H and O–H groups in total. The van der Waals surface area contributed by atoms with Crippen LogP contribution in [0.2, 0.25) is 0 Å². The van der Waals surface area contributed by atoms with Crippen molar-refractivity contribution in [2.45, 2.75) is 5.54 Å². The topological polar surface area (TPSA) is 109 Å². The van der Waals surface area contributed by atoms with Gasteiger partial charge in [-0.3, -0.25) is 19.3 Å². The molecule has 1 spiro atoms. The minimum Gasteiger partial charge on any atom is -0.507 e. The van der Waals surface area contributed by atoms with Crippen molar-refractivity contribution < 1.29 is 33.7 Å². The molecule has 192 valence electrons. The number of likely N-dealkylation sites (N-methyl/N-ethyl adjacent to an activating group) is 1. The lowest BCUT2D eigenvalue weighted by molar-refractivity contribution is -0.144. The third kappa shape index (κ3) is 3.43. The van der Waals surface area contributed by atoms with Gasteiger partial charge >= 0.3 is 0 Å². The number of carbonyl (C=O) groups is 3. The number of ether oxygens (including phenoxy) is 3. The molecule has 0 saturated carbocycles. The quantitative estimate of drug-likeness (QED) is 0.377. The van der Waals surface area contributed by atoms with E-state index >= 15 is 0 Å². The van der Waals surface area contributed by atoms with Crippen LogP contribution in [0.5, 0.6) is 11.5 Å². The van der Waals surface area contributed by atoms with E-state index in [2.05, 4.69) is 4.90 Å². The fourth-order valence-electron chi connectivity index (χ4n) is 5.67. The van der Waals surface area contributed by atoms with E-state index in [1.165, 1.54) is 9.80 Å². The first-order valence-electron chi connectivity index (χ1n) is 12.3. The standard InChI is InChI=1S/C27H27N3O7/c1-28-19-5-3-2-4-18(19)27(26(28)34)22(23(31)17-6-7-20-21(16-17)37-15-14-36-20)24(32)25(33)30(27)9-8-29-10-12-35-13-11-29/h2-7,16,31H,8-15H2,1H3/b23-22-. The zero-order valence-corrected chi connectivity index (χ0v) is 20.4. The van der Waals surface area contributed by atoms with Gasteiger partial charge in [0.05, 0.1) is 18.8 Å². The van der Waals surface area contributed by atoms with E-state index in [1.54, 1.807) is 49.5 Å².